The van der Waals surface area contributed by atoms with E-state index in [1.165, 1.54) is 22.3 Å². The molecular formula is C20H24N6. The van der Waals surface area contributed by atoms with E-state index >= 15 is 0 Å². The Morgan fingerprint density at radius 1 is 0.577 bits per heavy atom. The fourth-order valence-corrected chi connectivity index (χ4v) is 2.50. The summed E-state index contributed by atoms with van der Waals surface area (Å²) < 4.78 is 0. The minimum absolute atomic E-state index is 0.485. The van der Waals surface area contributed by atoms with E-state index < -0.39 is 0 Å². The van der Waals surface area contributed by atoms with Crippen LogP contribution >= 0.6 is 0 Å². The van der Waals surface area contributed by atoms with Gasteiger partial charge in [-0.25, -0.2) is 0 Å². The van der Waals surface area contributed by atoms with Gasteiger partial charge in [0.25, 0.3) is 0 Å². The zero-order valence-electron chi connectivity index (χ0n) is 15.8. The van der Waals surface area contributed by atoms with Gasteiger partial charge in [-0.05, 0) is 74.2 Å². The van der Waals surface area contributed by atoms with Crippen molar-refractivity contribution in [2.24, 2.45) is 0 Å². The van der Waals surface area contributed by atoms with Crippen molar-refractivity contribution in [2.75, 3.05) is 23.0 Å². The molecule has 1 heterocycles. The molecule has 1 aromatic heterocycles. The summed E-state index contributed by atoms with van der Waals surface area (Å²) in [7, 11) is 1.79. The summed E-state index contributed by atoms with van der Waals surface area (Å²) in [5.41, 5.74) is 6.81. The van der Waals surface area contributed by atoms with Crippen LogP contribution in [0.2, 0.25) is 0 Å². The van der Waals surface area contributed by atoms with Crippen molar-refractivity contribution in [3.05, 3.63) is 58.7 Å². The Bertz CT molecular complexity index is 864. The summed E-state index contributed by atoms with van der Waals surface area (Å²) in [4.78, 5) is 13.3. The minimum atomic E-state index is 0.485. The van der Waals surface area contributed by atoms with Crippen molar-refractivity contribution in [1.29, 1.82) is 0 Å². The molecule has 0 fully saturated rings. The van der Waals surface area contributed by atoms with Crippen LogP contribution in [0.5, 0.6) is 0 Å². The summed E-state index contributed by atoms with van der Waals surface area (Å²) in [5.74, 6) is 1.47. The molecule has 3 rings (SSSR count). The van der Waals surface area contributed by atoms with Crippen molar-refractivity contribution >= 4 is 29.2 Å². The van der Waals surface area contributed by atoms with Crippen LogP contribution in [0.15, 0.2) is 36.4 Å². The molecule has 0 aliphatic heterocycles. The molecule has 0 saturated carbocycles. The highest BCUT2D eigenvalue weighted by molar-refractivity contribution is 5.60. The lowest BCUT2D eigenvalue weighted by atomic mass is 10.1. The van der Waals surface area contributed by atoms with E-state index in [1.54, 1.807) is 7.05 Å². The molecule has 6 nitrogen and oxygen atoms in total. The van der Waals surface area contributed by atoms with E-state index in [1.807, 2.05) is 12.1 Å². The van der Waals surface area contributed by atoms with Gasteiger partial charge in [0.05, 0.1) is 0 Å². The van der Waals surface area contributed by atoms with Crippen molar-refractivity contribution in [3.8, 4) is 0 Å². The van der Waals surface area contributed by atoms with Gasteiger partial charge in [0, 0.05) is 18.4 Å². The molecule has 134 valence electrons. The molecule has 0 radical (unpaired) electrons. The van der Waals surface area contributed by atoms with Crippen LogP contribution < -0.4 is 16.0 Å². The van der Waals surface area contributed by atoms with Crippen molar-refractivity contribution < 1.29 is 0 Å². The van der Waals surface area contributed by atoms with Gasteiger partial charge in [0.1, 0.15) is 0 Å². The van der Waals surface area contributed by atoms with Gasteiger partial charge >= 0.3 is 0 Å². The first kappa shape index (κ1) is 17.7. The van der Waals surface area contributed by atoms with Crippen LogP contribution in [0.3, 0.4) is 0 Å². The Balaban J connectivity index is 1.88. The van der Waals surface area contributed by atoms with Gasteiger partial charge in [0.15, 0.2) is 0 Å². The molecular weight excluding hydrogens is 324 g/mol. The van der Waals surface area contributed by atoms with Gasteiger partial charge in [-0.1, -0.05) is 12.1 Å². The molecule has 2 aromatic carbocycles. The minimum Gasteiger partial charge on any atom is -0.357 e. The molecule has 3 aromatic rings. The second kappa shape index (κ2) is 7.39. The zero-order valence-corrected chi connectivity index (χ0v) is 15.8. The molecule has 0 aliphatic rings. The predicted molar refractivity (Wildman–Crippen MR) is 108 cm³/mol. The number of hydrogen-bond donors (Lipinski definition) is 3. The summed E-state index contributed by atoms with van der Waals surface area (Å²) in [5, 5.41) is 9.48. The van der Waals surface area contributed by atoms with Crippen LogP contribution in [-0.2, 0) is 0 Å². The van der Waals surface area contributed by atoms with Crippen LogP contribution in [0.25, 0.3) is 0 Å². The maximum atomic E-state index is 4.49. The summed E-state index contributed by atoms with van der Waals surface area (Å²) in [6, 6.07) is 12.3. The topological polar surface area (TPSA) is 74.8 Å². The third kappa shape index (κ3) is 4.08. The lowest BCUT2D eigenvalue weighted by molar-refractivity contribution is 1.06. The van der Waals surface area contributed by atoms with Crippen molar-refractivity contribution in [2.45, 2.75) is 27.7 Å². The molecule has 0 unspecified atom stereocenters. The Hall–Kier alpha value is -3.15. The highest BCUT2D eigenvalue weighted by atomic mass is 15.3. The molecule has 0 amide bonds. The summed E-state index contributed by atoms with van der Waals surface area (Å²) in [6.07, 6.45) is 0. The van der Waals surface area contributed by atoms with Crippen molar-refractivity contribution in [3.63, 3.8) is 0 Å². The smallest absolute Gasteiger partial charge is 0.233 e. The Kier molecular flexibility index (Phi) is 5.02. The number of nitrogens with one attached hydrogen (secondary N) is 3. The first-order chi connectivity index (χ1) is 12.4. The van der Waals surface area contributed by atoms with E-state index in [2.05, 4.69) is 82.9 Å². The Morgan fingerprint density at radius 3 is 1.38 bits per heavy atom. The number of rotatable bonds is 5. The standard InChI is InChI=1S/C20H24N6/c1-12-6-8-16(10-14(12)3)22-19-24-18(21-5)25-20(26-19)23-17-9-7-13(2)15(4)11-17/h6-11H,1-5H3,(H3,21,22,23,24,25,26). The van der Waals surface area contributed by atoms with E-state index in [9.17, 15) is 0 Å². The second-order valence-corrected chi connectivity index (χ2v) is 6.40. The Morgan fingerprint density at radius 2 is 1.00 bits per heavy atom. The molecule has 0 saturated heterocycles. The number of nitrogens with zero attached hydrogens (tertiary/aromatic N) is 3. The molecule has 0 atom stereocenters. The van der Waals surface area contributed by atoms with E-state index in [-0.39, 0.29) is 0 Å². The van der Waals surface area contributed by atoms with Gasteiger partial charge in [0.2, 0.25) is 17.8 Å². The van der Waals surface area contributed by atoms with Gasteiger partial charge in [-0.15, -0.1) is 0 Å². The Labute approximate surface area is 154 Å². The molecule has 26 heavy (non-hydrogen) atoms. The molecule has 0 spiro atoms. The predicted octanol–water partition coefficient (Wildman–Crippen LogP) is 4.63. The van der Waals surface area contributed by atoms with Gasteiger partial charge in [-0.2, -0.15) is 15.0 Å². The molecule has 6 heteroatoms. The number of aromatic nitrogens is 3. The highest BCUT2D eigenvalue weighted by Crippen LogP contribution is 2.21. The van der Waals surface area contributed by atoms with E-state index in [0.29, 0.717) is 17.8 Å². The number of benzene rings is 2. The van der Waals surface area contributed by atoms with Crippen molar-refractivity contribution in [1.82, 2.24) is 15.0 Å². The summed E-state index contributed by atoms with van der Waals surface area (Å²) in [6.45, 7) is 8.35. The van der Waals surface area contributed by atoms with Gasteiger partial charge in [-0.3, -0.25) is 0 Å². The quantitative estimate of drug-likeness (QED) is 0.624. The third-order valence-electron chi connectivity index (χ3n) is 4.39. The van der Waals surface area contributed by atoms with Gasteiger partial charge < -0.3 is 16.0 Å². The number of anilines is 5. The average molecular weight is 348 g/mol. The van der Waals surface area contributed by atoms with E-state index in [0.717, 1.165) is 11.4 Å². The number of hydrogen-bond acceptors (Lipinski definition) is 6. The molecule has 0 bridgehead atoms. The first-order valence-corrected chi connectivity index (χ1v) is 8.57. The largest absolute Gasteiger partial charge is 0.357 e. The van der Waals surface area contributed by atoms with Crippen LogP contribution in [-0.4, -0.2) is 22.0 Å². The van der Waals surface area contributed by atoms with Crippen LogP contribution in [0, 0.1) is 27.7 Å². The second-order valence-electron chi connectivity index (χ2n) is 6.40. The van der Waals surface area contributed by atoms with Crippen LogP contribution in [0.4, 0.5) is 29.2 Å². The molecule has 3 N–H and O–H groups in total. The fourth-order valence-electron chi connectivity index (χ4n) is 2.50. The highest BCUT2D eigenvalue weighted by Gasteiger charge is 2.08. The SMILES string of the molecule is CNc1nc(Nc2ccc(C)c(C)c2)nc(Nc2ccc(C)c(C)c2)n1. The lowest BCUT2D eigenvalue weighted by Gasteiger charge is -2.12. The first-order valence-electron chi connectivity index (χ1n) is 8.57. The monoisotopic (exact) mass is 348 g/mol. The number of aryl methyl sites for hydroxylation is 4. The normalized spacial score (nSPS) is 10.5. The maximum Gasteiger partial charge on any atom is 0.233 e. The van der Waals surface area contributed by atoms with Crippen LogP contribution in [0.1, 0.15) is 22.3 Å². The maximum absolute atomic E-state index is 4.49. The molecule has 0 aliphatic carbocycles. The fraction of sp³-hybridized carbons (Fsp3) is 0.250. The average Bonchev–Trinajstić information content (AvgIpc) is 2.61. The van der Waals surface area contributed by atoms with E-state index in [4.69, 9.17) is 0 Å². The third-order valence-corrected chi connectivity index (χ3v) is 4.39. The summed E-state index contributed by atoms with van der Waals surface area (Å²) >= 11 is 0. The zero-order chi connectivity index (χ0) is 18.7. The lowest BCUT2D eigenvalue weighted by Crippen LogP contribution is -2.07.